The van der Waals surface area contributed by atoms with E-state index in [9.17, 15) is 5.11 Å². The molecular weight excluding hydrogens is 336 g/mol. The molecule has 0 radical (unpaired) electrons. The smallest absolute Gasteiger partial charge is 0.213 e. The van der Waals surface area contributed by atoms with Gasteiger partial charge in [-0.05, 0) is 30.3 Å². The number of anilines is 1. The first-order valence-electron chi connectivity index (χ1n) is 6.47. The molecule has 0 aliphatic heterocycles. The van der Waals surface area contributed by atoms with Crippen molar-refractivity contribution in [2.24, 2.45) is 0 Å². The third kappa shape index (κ3) is 5.24. The SMILES string of the molecule is COc1ccc(NCC(O)COc2ccc(Br)cc2)cn1. The van der Waals surface area contributed by atoms with Crippen LogP contribution in [0.2, 0.25) is 0 Å². The number of aromatic nitrogens is 1. The highest BCUT2D eigenvalue weighted by Gasteiger charge is 2.05. The van der Waals surface area contributed by atoms with Crippen molar-refractivity contribution in [3.63, 3.8) is 0 Å². The van der Waals surface area contributed by atoms with Gasteiger partial charge in [0, 0.05) is 17.1 Å². The van der Waals surface area contributed by atoms with E-state index in [-0.39, 0.29) is 6.61 Å². The minimum Gasteiger partial charge on any atom is -0.491 e. The van der Waals surface area contributed by atoms with Crippen LogP contribution in [0.15, 0.2) is 47.1 Å². The topological polar surface area (TPSA) is 63.6 Å². The molecule has 2 aromatic rings. The Balaban J connectivity index is 1.73. The lowest BCUT2D eigenvalue weighted by Gasteiger charge is -2.14. The van der Waals surface area contributed by atoms with Gasteiger partial charge in [0.15, 0.2) is 0 Å². The van der Waals surface area contributed by atoms with Crippen molar-refractivity contribution in [1.82, 2.24) is 4.98 Å². The largest absolute Gasteiger partial charge is 0.491 e. The summed E-state index contributed by atoms with van der Waals surface area (Å²) in [5.41, 5.74) is 0.818. The molecule has 2 N–H and O–H groups in total. The van der Waals surface area contributed by atoms with E-state index in [4.69, 9.17) is 9.47 Å². The Kier molecular flexibility index (Phi) is 5.83. The van der Waals surface area contributed by atoms with Crippen LogP contribution in [-0.2, 0) is 0 Å². The van der Waals surface area contributed by atoms with Crippen LogP contribution in [0, 0.1) is 0 Å². The minimum absolute atomic E-state index is 0.220. The van der Waals surface area contributed by atoms with Gasteiger partial charge in [-0.25, -0.2) is 4.98 Å². The molecule has 2 rings (SSSR count). The van der Waals surface area contributed by atoms with Crippen molar-refractivity contribution in [3.8, 4) is 11.6 Å². The van der Waals surface area contributed by atoms with Gasteiger partial charge in [-0.1, -0.05) is 15.9 Å². The zero-order valence-electron chi connectivity index (χ0n) is 11.6. The van der Waals surface area contributed by atoms with E-state index in [2.05, 4.69) is 26.2 Å². The molecule has 5 nitrogen and oxygen atoms in total. The van der Waals surface area contributed by atoms with Gasteiger partial charge < -0.3 is 19.9 Å². The number of ether oxygens (including phenoxy) is 2. The van der Waals surface area contributed by atoms with Crippen molar-refractivity contribution in [1.29, 1.82) is 0 Å². The van der Waals surface area contributed by atoms with Gasteiger partial charge >= 0.3 is 0 Å². The molecule has 21 heavy (non-hydrogen) atoms. The van der Waals surface area contributed by atoms with E-state index in [1.165, 1.54) is 0 Å². The highest BCUT2D eigenvalue weighted by molar-refractivity contribution is 9.10. The Hall–Kier alpha value is -1.79. The number of nitrogens with zero attached hydrogens (tertiary/aromatic N) is 1. The summed E-state index contributed by atoms with van der Waals surface area (Å²) in [5.74, 6) is 1.28. The molecule has 112 valence electrons. The van der Waals surface area contributed by atoms with E-state index < -0.39 is 6.10 Å². The maximum Gasteiger partial charge on any atom is 0.213 e. The van der Waals surface area contributed by atoms with Crippen LogP contribution >= 0.6 is 15.9 Å². The second-order valence-electron chi connectivity index (χ2n) is 4.39. The van der Waals surface area contributed by atoms with E-state index in [0.717, 1.165) is 15.9 Å². The summed E-state index contributed by atoms with van der Waals surface area (Å²) in [6, 6.07) is 11.1. The second kappa shape index (κ2) is 7.85. The third-order valence-electron chi connectivity index (χ3n) is 2.74. The molecule has 0 saturated carbocycles. The first-order chi connectivity index (χ1) is 10.2. The number of nitrogens with one attached hydrogen (secondary N) is 1. The number of pyridine rings is 1. The molecule has 1 unspecified atom stereocenters. The van der Waals surface area contributed by atoms with Crippen LogP contribution in [0.25, 0.3) is 0 Å². The molecule has 1 atom stereocenters. The maximum absolute atomic E-state index is 9.89. The number of aliphatic hydroxyl groups is 1. The lowest BCUT2D eigenvalue weighted by molar-refractivity contribution is 0.117. The van der Waals surface area contributed by atoms with Gasteiger partial charge in [-0.15, -0.1) is 0 Å². The lowest BCUT2D eigenvalue weighted by atomic mass is 10.3. The highest BCUT2D eigenvalue weighted by atomic mass is 79.9. The molecule has 0 aliphatic carbocycles. The molecular formula is C15H17BrN2O3. The molecule has 0 bridgehead atoms. The second-order valence-corrected chi connectivity index (χ2v) is 5.30. The Morgan fingerprint density at radius 2 is 2.00 bits per heavy atom. The van der Waals surface area contributed by atoms with Crippen LogP contribution in [0.1, 0.15) is 0 Å². The first kappa shape index (κ1) is 15.6. The Labute approximate surface area is 132 Å². The molecule has 6 heteroatoms. The molecule has 0 saturated heterocycles. The lowest BCUT2D eigenvalue weighted by Crippen LogP contribution is -2.26. The standard InChI is InChI=1S/C15H17BrN2O3/c1-20-15-7-4-12(8-18-15)17-9-13(19)10-21-14-5-2-11(16)3-6-14/h2-8,13,17,19H,9-10H2,1H3. The minimum atomic E-state index is -0.615. The Morgan fingerprint density at radius 3 is 2.62 bits per heavy atom. The molecule has 1 aromatic heterocycles. The van der Waals surface area contributed by atoms with Crippen LogP contribution in [0.5, 0.6) is 11.6 Å². The average molecular weight is 353 g/mol. The molecule has 1 aromatic carbocycles. The molecule has 0 spiro atoms. The normalized spacial score (nSPS) is 11.8. The van der Waals surface area contributed by atoms with Crippen molar-refractivity contribution < 1.29 is 14.6 Å². The van der Waals surface area contributed by atoms with Gasteiger partial charge in [0.05, 0.1) is 19.0 Å². The maximum atomic E-state index is 9.89. The van der Waals surface area contributed by atoms with Crippen molar-refractivity contribution in [2.45, 2.75) is 6.10 Å². The Bertz CT molecular complexity index is 546. The summed E-state index contributed by atoms with van der Waals surface area (Å²) in [5, 5.41) is 13.0. The summed E-state index contributed by atoms with van der Waals surface area (Å²) in [4.78, 5) is 4.07. The zero-order valence-corrected chi connectivity index (χ0v) is 13.2. The fourth-order valence-corrected chi connectivity index (χ4v) is 1.89. The van der Waals surface area contributed by atoms with Crippen LogP contribution in [-0.4, -0.2) is 36.5 Å². The molecule has 1 heterocycles. The fraction of sp³-hybridized carbons (Fsp3) is 0.267. The quantitative estimate of drug-likeness (QED) is 0.801. The van der Waals surface area contributed by atoms with Crippen LogP contribution in [0.3, 0.4) is 0 Å². The summed E-state index contributed by atoms with van der Waals surface area (Å²) < 4.78 is 11.5. The number of aliphatic hydroxyl groups excluding tert-OH is 1. The number of benzene rings is 1. The van der Waals surface area contributed by atoms with Gasteiger partial charge in [0.2, 0.25) is 5.88 Å². The molecule has 0 fully saturated rings. The number of hydrogen-bond acceptors (Lipinski definition) is 5. The fourth-order valence-electron chi connectivity index (χ4n) is 1.62. The number of halogens is 1. The van der Waals surface area contributed by atoms with Crippen molar-refractivity contribution in [3.05, 3.63) is 47.1 Å². The zero-order chi connectivity index (χ0) is 15.1. The van der Waals surface area contributed by atoms with E-state index in [1.807, 2.05) is 30.3 Å². The molecule has 0 aliphatic rings. The third-order valence-corrected chi connectivity index (χ3v) is 3.27. The van der Waals surface area contributed by atoms with Gasteiger partial charge in [-0.2, -0.15) is 0 Å². The van der Waals surface area contributed by atoms with E-state index >= 15 is 0 Å². The number of rotatable bonds is 7. The first-order valence-corrected chi connectivity index (χ1v) is 7.27. The van der Waals surface area contributed by atoms with Gasteiger partial charge in [0.25, 0.3) is 0 Å². The van der Waals surface area contributed by atoms with Gasteiger partial charge in [0.1, 0.15) is 18.5 Å². The van der Waals surface area contributed by atoms with Gasteiger partial charge in [-0.3, -0.25) is 0 Å². The Morgan fingerprint density at radius 1 is 1.24 bits per heavy atom. The summed E-state index contributed by atoms with van der Waals surface area (Å²) in [6.07, 6.45) is 1.04. The average Bonchev–Trinajstić information content (AvgIpc) is 2.53. The summed E-state index contributed by atoms with van der Waals surface area (Å²) in [6.45, 7) is 0.600. The van der Waals surface area contributed by atoms with Crippen LogP contribution in [0.4, 0.5) is 5.69 Å². The van der Waals surface area contributed by atoms with Crippen molar-refractivity contribution >= 4 is 21.6 Å². The summed E-state index contributed by atoms with van der Waals surface area (Å²) >= 11 is 3.36. The van der Waals surface area contributed by atoms with Crippen molar-refractivity contribution in [2.75, 3.05) is 25.6 Å². The van der Waals surface area contributed by atoms with E-state index in [1.54, 1.807) is 19.4 Å². The number of methoxy groups -OCH3 is 1. The predicted molar refractivity (Wildman–Crippen MR) is 84.9 cm³/mol. The van der Waals surface area contributed by atoms with Crippen LogP contribution < -0.4 is 14.8 Å². The molecule has 0 amide bonds. The van der Waals surface area contributed by atoms with E-state index in [0.29, 0.717) is 12.4 Å². The predicted octanol–water partition coefficient (Wildman–Crippen LogP) is 2.70. The monoisotopic (exact) mass is 352 g/mol. The highest BCUT2D eigenvalue weighted by Crippen LogP contribution is 2.16. The number of hydrogen-bond donors (Lipinski definition) is 2. The summed E-state index contributed by atoms with van der Waals surface area (Å²) in [7, 11) is 1.57.